The molecule has 1 aliphatic heterocycles. The SMILES string of the molecule is COC(=O)C[C@@H]1COc2cc(O[C@@H]3CCc4c3ccc(C#N)c4-c3c(C)cc(OCCC(C)(C)O)cc3C)ccc21. The van der Waals surface area contributed by atoms with Gasteiger partial charge in [0, 0.05) is 29.5 Å². The van der Waals surface area contributed by atoms with Crippen molar-refractivity contribution >= 4 is 5.97 Å². The van der Waals surface area contributed by atoms with Crippen LogP contribution in [0.1, 0.15) is 78.5 Å². The molecule has 0 unspecified atom stereocenters. The third-order valence-electron chi connectivity index (χ3n) is 8.00. The van der Waals surface area contributed by atoms with E-state index in [1.165, 1.54) is 7.11 Å². The van der Waals surface area contributed by atoms with Gasteiger partial charge in [-0.05, 0) is 92.6 Å². The summed E-state index contributed by atoms with van der Waals surface area (Å²) in [6, 6.07) is 16.2. The Kier molecular flexibility index (Phi) is 7.97. The molecule has 0 bridgehead atoms. The van der Waals surface area contributed by atoms with Crippen molar-refractivity contribution in [1.29, 1.82) is 5.26 Å². The van der Waals surface area contributed by atoms with Crippen LogP contribution in [-0.2, 0) is 16.0 Å². The summed E-state index contributed by atoms with van der Waals surface area (Å²) < 4.78 is 23.1. The summed E-state index contributed by atoms with van der Waals surface area (Å²) in [5, 5.41) is 20.1. The molecule has 2 atom stereocenters. The number of benzene rings is 3. The van der Waals surface area contributed by atoms with Gasteiger partial charge in [-0.3, -0.25) is 4.79 Å². The van der Waals surface area contributed by atoms with Gasteiger partial charge in [0.25, 0.3) is 0 Å². The molecule has 0 aromatic heterocycles. The molecule has 5 rings (SSSR count). The van der Waals surface area contributed by atoms with E-state index in [0.717, 1.165) is 63.3 Å². The van der Waals surface area contributed by atoms with E-state index in [2.05, 4.69) is 6.07 Å². The average Bonchev–Trinajstić information content (AvgIpc) is 3.51. The number of carbonyl (C=O) groups excluding carboxylic acids is 1. The van der Waals surface area contributed by atoms with E-state index >= 15 is 0 Å². The van der Waals surface area contributed by atoms with Gasteiger partial charge in [0.15, 0.2) is 0 Å². The van der Waals surface area contributed by atoms with Gasteiger partial charge >= 0.3 is 5.97 Å². The number of ether oxygens (including phenoxy) is 4. The second kappa shape index (κ2) is 11.5. The van der Waals surface area contributed by atoms with Crippen LogP contribution in [0.5, 0.6) is 17.2 Å². The predicted molar refractivity (Wildman–Crippen MR) is 155 cm³/mol. The van der Waals surface area contributed by atoms with E-state index in [0.29, 0.717) is 30.9 Å². The van der Waals surface area contributed by atoms with E-state index in [1.807, 2.05) is 56.3 Å². The molecule has 1 N–H and O–H groups in total. The minimum Gasteiger partial charge on any atom is -0.493 e. The third kappa shape index (κ3) is 6.03. The Labute approximate surface area is 241 Å². The normalized spacial score (nSPS) is 17.3. The fourth-order valence-corrected chi connectivity index (χ4v) is 5.94. The van der Waals surface area contributed by atoms with Gasteiger partial charge in [0.1, 0.15) is 23.4 Å². The number of carbonyl (C=O) groups is 1. The van der Waals surface area contributed by atoms with Gasteiger partial charge in [0.2, 0.25) is 0 Å². The van der Waals surface area contributed by atoms with Gasteiger partial charge in [0.05, 0.1) is 44.0 Å². The van der Waals surface area contributed by atoms with Gasteiger partial charge in [-0.1, -0.05) is 12.1 Å². The quantitative estimate of drug-likeness (QED) is 0.302. The number of nitrogens with zero attached hydrogens (tertiary/aromatic N) is 1. The van der Waals surface area contributed by atoms with Crippen molar-refractivity contribution in [1.82, 2.24) is 0 Å². The van der Waals surface area contributed by atoms with E-state index in [9.17, 15) is 15.2 Å². The van der Waals surface area contributed by atoms with Gasteiger partial charge in [-0.25, -0.2) is 0 Å². The molecule has 3 aromatic rings. The highest BCUT2D eigenvalue weighted by Gasteiger charge is 2.31. The Hall–Kier alpha value is -4.02. The summed E-state index contributed by atoms with van der Waals surface area (Å²) >= 11 is 0. The lowest BCUT2D eigenvalue weighted by atomic mass is 9.87. The molecular formula is C34H37NO6. The summed E-state index contributed by atoms with van der Waals surface area (Å²) in [4.78, 5) is 11.8. The maximum atomic E-state index is 11.8. The molecule has 7 heteroatoms. The van der Waals surface area contributed by atoms with Crippen LogP contribution in [0.25, 0.3) is 11.1 Å². The molecule has 1 heterocycles. The van der Waals surface area contributed by atoms with Crippen LogP contribution in [0.3, 0.4) is 0 Å². The number of rotatable bonds is 9. The third-order valence-corrected chi connectivity index (χ3v) is 8.00. The second-order valence-electron chi connectivity index (χ2n) is 11.6. The number of hydrogen-bond donors (Lipinski definition) is 1. The van der Waals surface area contributed by atoms with E-state index in [-0.39, 0.29) is 24.4 Å². The minimum atomic E-state index is -0.783. The van der Waals surface area contributed by atoms with E-state index in [4.69, 9.17) is 18.9 Å². The molecule has 1 aliphatic carbocycles. The predicted octanol–water partition coefficient (Wildman–Crippen LogP) is 6.49. The topological polar surface area (TPSA) is 98.0 Å². The summed E-state index contributed by atoms with van der Waals surface area (Å²) in [5.41, 5.74) is 7.19. The zero-order valence-electron chi connectivity index (χ0n) is 24.4. The number of methoxy groups -OCH3 is 1. The Morgan fingerprint density at radius 3 is 2.49 bits per heavy atom. The molecule has 2 aliphatic rings. The smallest absolute Gasteiger partial charge is 0.306 e. The van der Waals surface area contributed by atoms with E-state index < -0.39 is 5.60 Å². The summed E-state index contributed by atoms with van der Waals surface area (Å²) in [5.74, 6) is 1.95. The first-order chi connectivity index (χ1) is 19.6. The molecule has 0 spiro atoms. The summed E-state index contributed by atoms with van der Waals surface area (Å²) in [6.07, 6.45) is 2.28. The van der Waals surface area contributed by atoms with Crippen molar-refractivity contribution in [3.63, 3.8) is 0 Å². The van der Waals surface area contributed by atoms with Crippen molar-refractivity contribution < 1.29 is 28.8 Å². The van der Waals surface area contributed by atoms with Crippen LogP contribution in [0.4, 0.5) is 0 Å². The highest BCUT2D eigenvalue weighted by atomic mass is 16.5. The Bertz CT molecular complexity index is 1490. The Morgan fingerprint density at radius 2 is 1.80 bits per heavy atom. The molecule has 214 valence electrons. The molecule has 41 heavy (non-hydrogen) atoms. The highest BCUT2D eigenvalue weighted by molar-refractivity contribution is 5.81. The Balaban J connectivity index is 1.40. The molecule has 7 nitrogen and oxygen atoms in total. The number of esters is 1. The highest BCUT2D eigenvalue weighted by Crippen LogP contribution is 2.45. The number of hydrogen-bond acceptors (Lipinski definition) is 7. The molecule has 0 amide bonds. The zero-order chi connectivity index (χ0) is 29.3. The minimum absolute atomic E-state index is 0.0181. The van der Waals surface area contributed by atoms with Crippen LogP contribution in [0.2, 0.25) is 0 Å². The number of aliphatic hydroxyl groups is 1. The van der Waals surface area contributed by atoms with Crippen LogP contribution in [0.15, 0.2) is 42.5 Å². The lowest BCUT2D eigenvalue weighted by Crippen LogP contribution is -2.21. The van der Waals surface area contributed by atoms with Crippen molar-refractivity contribution in [2.45, 2.75) is 71.0 Å². The molecule has 0 fully saturated rings. The van der Waals surface area contributed by atoms with Gasteiger partial charge in [-0.2, -0.15) is 5.26 Å². The van der Waals surface area contributed by atoms with Crippen LogP contribution >= 0.6 is 0 Å². The summed E-state index contributed by atoms with van der Waals surface area (Å²) in [6.45, 7) is 8.51. The molecule has 0 saturated heterocycles. The lowest BCUT2D eigenvalue weighted by Gasteiger charge is -2.20. The van der Waals surface area contributed by atoms with Crippen molar-refractivity contribution in [3.8, 4) is 34.4 Å². The van der Waals surface area contributed by atoms with E-state index in [1.54, 1.807) is 13.8 Å². The summed E-state index contributed by atoms with van der Waals surface area (Å²) in [7, 11) is 1.40. The monoisotopic (exact) mass is 555 g/mol. The fraction of sp³-hybridized carbons (Fsp3) is 0.412. The van der Waals surface area contributed by atoms with Crippen molar-refractivity contribution in [2.75, 3.05) is 20.3 Å². The lowest BCUT2D eigenvalue weighted by molar-refractivity contribution is -0.141. The van der Waals surface area contributed by atoms with Crippen molar-refractivity contribution in [2.24, 2.45) is 0 Å². The number of nitriles is 1. The number of fused-ring (bicyclic) bond motifs is 2. The van der Waals surface area contributed by atoms with Crippen LogP contribution in [-0.4, -0.2) is 37.0 Å². The maximum Gasteiger partial charge on any atom is 0.306 e. The number of aryl methyl sites for hydroxylation is 2. The zero-order valence-corrected chi connectivity index (χ0v) is 24.4. The fourth-order valence-electron chi connectivity index (χ4n) is 5.94. The van der Waals surface area contributed by atoms with Crippen LogP contribution < -0.4 is 14.2 Å². The Morgan fingerprint density at radius 1 is 1.07 bits per heavy atom. The molecule has 0 radical (unpaired) electrons. The standard InChI is InChI=1S/C34H37NO6/c1-20-14-25(39-13-12-34(3,4)37)15-21(2)32(20)33-22(18-35)6-8-27-28(33)10-11-29(27)41-24-7-9-26-23(16-31(36)38-5)19-40-30(26)17-24/h6-9,14-15,17,23,29,37H,10-13,16,19H2,1-5H3/t23-,29-/m1/s1. The largest absolute Gasteiger partial charge is 0.493 e. The average molecular weight is 556 g/mol. The second-order valence-corrected chi connectivity index (χ2v) is 11.6. The first-order valence-corrected chi connectivity index (χ1v) is 14.1. The molecule has 3 aromatic carbocycles. The maximum absolute atomic E-state index is 11.8. The first-order valence-electron chi connectivity index (χ1n) is 14.1. The van der Waals surface area contributed by atoms with Crippen LogP contribution in [0, 0.1) is 25.2 Å². The van der Waals surface area contributed by atoms with Gasteiger partial charge in [-0.15, -0.1) is 0 Å². The van der Waals surface area contributed by atoms with Gasteiger partial charge < -0.3 is 24.1 Å². The first kappa shape index (κ1) is 28.5. The molecular weight excluding hydrogens is 518 g/mol. The molecule has 0 saturated carbocycles. The van der Waals surface area contributed by atoms with Crippen molar-refractivity contribution in [3.05, 3.63) is 75.8 Å².